The van der Waals surface area contributed by atoms with Crippen LogP contribution in [0.4, 0.5) is 4.39 Å². The summed E-state index contributed by atoms with van der Waals surface area (Å²) in [5.74, 6) is -1.79. The predicted octanol–water partition coefficient (Wildman–Crippen LogP) is 5.60. The molecule has 4 rings (SSSR count). The number of carboxylic acid groups (broad SMARTS) is 1. The zero-order valence-corrected chi connectivity index (χ0v) is 17.3. The highest BCUT2D eigenvalue weighted by Crippen LogP contribution is 2.30. The number of halogens is 2. The summed E-state index contributed by atoms with van der Waals surface area (Å²) in [4.78, 5) is 28.8. The largest absolute Gasteiger partial charge is 0.478 e. The van der Waals surface area contributed by atoms with Gasteiger partial charge < -0.3 is 15.0 Å². The van der Waals surface area contributed by atoms with Crippen molar-refractivity contribution in [2.24, 2.45) is 0 Å². The van der Waals surface area contributed by atoms with Gasteiger partial charge in [-0.25, -0.2) is 9.18 Å². The second-order valence-corrected chi connectivity index (χ2v) is 7.64. The van der Waals surface area contributed by atoms with Gasteiger partial charge in [0.1, 0.15) is 11.5 Å². The Hall–Kier alpha value is -3.64. The number of H-pyrrole nitrogens is 1. The highest BCUT2D eigenvalue weighted by molar-refractivity contribution is 6.33. The molecule has 1 heterocycles. The van der Waals surface area contributed by atoms with Crippen molar-refractivity contribution in [2.75, 3.05) is 7.05 Å². The standard InChI is InChI=1S/C24H18ClFN2O3/c1-28(23(29)22-11-15-4-2-3-5-21(15)27-22)13-16-6-8-17(26)12-19(16)14-7-9-18(24(30)31)20(25)10-14/h2-12,27H,13H2,1H3,(H,30,31). The second-order valence-electron chi connectivity index (χ2n) is 7.23. The molecule has 0 radical (unpaired) electrons. The van der Waals surface area contributed by atoms with Crippen molar-refractivity contribution in [1.29, 1.82) is 0 Å². The maximum atomic E-state index is 14.0. The van der Waals surface area contributed by atoms with Crippen molar-refractivity contribution in [3.8, 4) is 11.1 Å². The zero-order chi connectivity index (χ0) is 22.1. The molecule has 0 aliphatic heterocycles. The number of aromatic amines is 1. The number of carboxylic acids is 1. The maximum Gasteiger partial charge on any atom is 0.337 e. The molecule has 0 aliphatic rings. The SMILES string of the molecule is CN(Cc1ccc(F)cc1-c1ccc(C(=O)O)c(Cl)c1)C(=O)c1cc2ccccc2[nH]1. The number of hydrogen-bond acceptors (Lipinski definition) is 2. The van der Waals surface area contributed by atoms with Crippen molar-refractivity contribution >= 4 is 34.4 Å². The van der Waals surface area contributed by atoms with Crippen molar-refractivity contribution in [1.82, 2.24) is 9.88 Å². The number of carbonyl (C=O) groups is 2. The van der Waals surface area contributed by atoms with E-state index in [-0.39, 0.29) is 23.0 Å². The summed E-state index contributed by atoms with van der Waals surface area (Å²) in [6, 6.07) is 18.1. The van der Waals surface area contributed by atoms with Crippen molar-refractivity contribution < 1.29 is 19.1 Å². The van der Waals surface area contributed by atoms with Crippen LogP contribution in [0.5, 0.6) is 0 Å². The van der Waals surface area contributed by atoms with E-state index in [9.17, 15) is 19.1 Å². The monoisotopic (exact) mass is 436 g/mol. The van der Waals surface area contributed by atoms with E-state index in [1.807, 2.05) is 24.3 Å². The molecular weight excluding hydrogens is 419 g/mol. The minimum atomic E-state index is -1.14. The predicted molar refractivity (Wildman–Crippen MR) is 118 cm³/mol. The van der Waals surface area contributed by atoms with Gasteiger partial charge in [-0.1, -0.05) is 41.9 Å². The number of nitrogens with one attached hydrogen (secondary N) is 1. The average molecular weight is 437 g/mol. The summed E-state index contributed by atoms with van der Waals surface area (Å²) in [6.07, 6.45) is 0. The maximum absolute atomic E-state index is 14.0. The lowest BCUT2D eigenvalue weighted by Crippen LogP contribution is -2.26. The third-order valence-electron chi connectivity index (χ3n) is 5.10. The van der Waals surface area contributed by atoms with Gasteiger partial charge in [-0.3, -0.25) is 4.79 Å². The van der Waals surface area contributed by atoms with Gasteiger partial charge in [0.2, 0.25) is 0 Å². The molecule has 0 bridgehead atoms. The van der Waals surface area contributed by atoms with Crippen LogP contribution >= 0.6 is 11.6 Å². The molecule has 5 nitrogen and oxygen atoms in total. The number of carbonyl (C=O) groups excluding carboxylic acids is 1. The fourth-order valence-electron chi connectivity index (χ4n) is 3.53. The fourth-order valence-corrected chi connectivity index (χ4v) is 3.79. The molecule has 0 saturated heterocycles. The van der Waals surface area contributed by atoms with Crippen LogP contribution in [0, 0.1) is 5.82 Å². The Bertz CT molecular complexity index is 1280. The first-order chi connectivity index (χ1) is 14.8. The van der Waals surface area contributed by atoms with E-state index in [2.05, 4.69) is 4.98 Å². The van der Waals surface area contributed by atoms with Crippen LogP contribution in [0.3, 0.4) is 0 Å². The molecule has 156 valence electrons. The second kappa shape index (κ2) is 8.24. The van der Waals surface area contributed by atoms with Crippen LogP contribution in [-0.4, -0.2) is 33.9 Å². The van der Waals surface area contributed by atoms with Crippen molar-refractivity contribution in [3.05, 3.63) is 94.4 Å². The first kappa shape index (κ1) is 20.6. The Balaban J connectivity index is 1.65. The molecular formula is C24H18ClFN2O3. The lowest BCUT2D eigenvalue weighted by molar-refractivity contribution is 0.0696. The summed E-state index contributed by atoms with van der Waals surface area (Å²) in [6.45, 7) is 0.224. The first-order valence-electron chi connectivity index (χ1n) is 9.48. The summed E-state index contributed by atoms with van der Waals surface area (Å²) in [7, 11) is 1.67. The minimum Gasteiger partial charge on any atom is -0.478 e. The Kier molecular flexibility index (Phi) is 5.48. The number of rotatable bonds is 5. The third-order valence-corrected chi connectivity index (χ3v) is 5.41. The number of aromatic carboxylic acids is 1. The van der Waals surface area contributed by atoms with Gasteiger partial charge in [-0.2, -0.15) is 0 Å². The zero-order valence-electron chi connectivity index (χ0n) is 16.5. The molecule has 2 N–H and O–H groups in total. The Labute approximate surface area is 182 Å². The molecule has 7 heteroatoms. The van der Waals surface area contributed by atoms with Gasteiger partial charge in [0, 0.05) is 24.5 Å². The minimum absolute atomic E-state index is 0.0329. The Morgan fingerprint density at radius 2 is 1.84 bits per heavy atom. The molecule has 0 aliphatic carbocycles. The van der Waals surface area contributed by atoms with Crippen molar-refractivity contribution in [2.45, 2.75) is 6.54 Å². The van der Waals surface area contributed by atoms with E-state index in [0.29, 0.717) is 22.4 Å². The Morgan fingerprint density at radius 3 is 2.55 bits per heavy atom. The van der Waals surface area contributed by atoms with Crippen LogP contribution in [0.2, 0.25) is 5.02 Å². The highest BCUT2D eigenvalue weighted by Gasteiger charge is 2.18. The van der Waals surface area contributed by atoms with Crippen LogP contribution in [0.15, 0.2) is 66.7 Å². The number of benzene rings is 3. The summed E-state index contributed by atoms with van der Waals surface area (Å²) in [5.41, 5.74) is 3.10. The van der Waals surface area contributed by atoms with Crippen molar-refractivity contribution in [3.63, 3.8) is 0 Å². The molecule has 31 heavy (non-hydrogen) atoms. The molecule has 0 spiro atoms. The number of para-hydroxylation sites is 1. The van der Waals surface area contributed by atoms with Crippen LogP contribution in [-0.2, 0) is 6.54 Å². The molecule has 3 aromatic carbocycles. The number of nitrogens with zero attached hydrogens (tertiary/aromatic N) is 1. The topological polar surface area (TPSA) is 73.4 Å². The van der Waals surface area contributed by atoms with Gasteiger partial charge in [0.15, 0.2) is 0 Å². The van der Waals surface area contributed by atoms with Gasteiger partial charge in [-0.05, 0) is 53.1 Å². The smallest absolute Gasteiger partial charge is 0.337 e. The summed E-state index contributed by atoms with van der Waals surface area (Å²) < 4.78 is 14.0. The summed E-state index contributed by atoms with van der Waals surface area (Å²) >= 11 is 6.10. The number of amides is 1. The lowest BCUT2D eigenvalue weighted by Gasteiger charge is -2.19. The van der Waals surface area contributed by atoms with Gasteiger partial charge >= 0.3 is 5.97 Å². The van der Waals surface area contributed by atoms with E-state index < -0.39 is 11.8 Å². The van der Waals surface area contributed by atoms with Crippen LogP contribution in [0.25, 0.3) is 22.0 Å². The molecule has 0 saturated carbocycles. The molecule has 0 fully saturated rings. The number of aromatic nitrogens is 1. The van der Waals surface area contributed by atoms with E-state index >= 15 is 0 Å². The molecule has 0 atom stereocenters. The quantitative estimate of drug-likeness (QED) is 0.428. The van der Waals surface area contributed by atoms with E-state index in [1.165, 1.54) is 29.2 Å². The Morgan fingerprint density at radius 1 is 1.06 bits per heavy atom. The van der Waals surface area contributed by atoms with E-state index in [0.717, 1.165) is 10.9 Å². The fraction of sp³-hybridized carbons (Fsp3) is 0.0833. The van der Waals surface area contributed by atoms with Gasteiger partial charge in [-0.15, -0.1) is 0 Å². The van der Waals surface area contributed by atoms with Crippen LogP contribution in [0.1, 0.15) is 26.4 Å². The molecule has 0 unspecified atom stereocenters. The van der Waals surface area contributed by atoms with E-state index in [4.69, 9.17) is 11.6 Å². The summed E-state index contributed by atoms with van der Waals surface area (Å²) in [5, 5.41) is 10.2. The molecule has 1 amide bonds. The first-order valence-corrected chi connectivity index (χ1v) is 9.86. The van der Waals surface area contributed by atoms with Crippen LogP contribution < -0.4 is 0 Å². The lowest BCUT2D eigenvalue weighted by atomic mass is 9.98. The van der Waals surface area contributed by atoms with Gasteiger partial charge in [0.25, 0.3) is 5.91 Å². The average Bonchev–Trinajstić information content (AvgIpc) is 3.18. The molecule has 4 aromatic rings. The van der Waals surface area contributed by atoms with Gasteiger partial charge in [0.05, 0.1) is 10.6 Å². The third kappa shape index (κ3) is 4.15. The number of fused-ring (bicyclic) bond motifs is 1. The molecule has 1 aromatic heterocycles. The highest BCUT2D eigenvalue weighted by atomic mass is 35.5. The normalized spacial score (nSPS) is 10.9. The van der Waals surface area contributed by atoms with E-state index in [1.54, 1.807) is 25.2 Å². The number of hydrogen-bond donors (Lipinski definition) is 2.